The van der Waals surface area contributed by atoms with Crippen molar-refractivity contribution in [1.29, 1.82) is 0 Å². The molecule has 0 N–H and O–H groups in total. The van der Waals surface area contributed by atoms with Crippen LogP contribution in [0.4, 0.5) is 18.0 Å². The lowest BCUT2D eigenvalue weighted by Crippen LogP contribution is -2.43. The number of halogens is 3. The first-order valence-electron chi connectivity index (χ1n) is 6.39. The second kappa shape index (κ2) is 4.97. The summed E-state index contributed by atoms with van der Waals surface area (Å²) in [6.07, 6.45) is 1.37. The van der Waals surface area contributed by atoms with E-state index in [1.807, 2.05) is 0 Å². The van der Waals surface area contributed by atoms with E-state index in [9.17, 15) is 18.0 Å². The Bertz CT molecular complexity index is 301. The van der Waals surface area contributed by atoms with Gasteiger partial charge in [-0.1, -0.05) is 12.8 Å². The van der Waals surface area contributed by atoms with Gasteiger partial charge in [-0.15, -0.1) is 0 Å². The quantitative estimate of drug-likeness (QED) is 0.727. The Morgan fingerprint density at radius 1 is 1.11 bits per heavy atom. The van der Waals surface area contributed by atoms with E-state index < -0.39 is 18.9 Å². The van der Waals surface area contributed by atoms with E-state index in [1.165, 1.54) is 30.6 Å². The molecule has 0 aromatic heterocycles. The lowest BCUT2D eigenvalue weighted by molar-refractivity contribution is -0.162. The first-order valence-corrected chi connectivity index (χ1v) is 6.39. The molecule has 1 aliphatic carbocycles. The lowest BCUT2D eigenvalue weighted by atomic mass is 9.77. The van der Waals surface area contributed by atoms with E-state index in [2.05, 4.69) is 4.74 Å². The van der Waals surface area contributed by atoms with Crippen LogP contribution in [0.3, 0.4) is 0 Å². The number of carbonyl (C=O) groups is 1. The standard InChI is InChI=1S/C12H18F3NO2/c13-12(14,15)9-18-10(17)16-7-5-11(6-8-16)3-1-2-4-11/h1-9H2. The summed E-state index contributed by atoms with van der Waals surface area (Å²) < 4.78 is 40.0. The maximum Gasteiger partial charge on any atom is 0.422 e. The first-order chi connectivity index (χ1) is 8.40. The van der Waals surface area contributed by atoms with Crippen LogP contribution in [0.1, 0.15) is 38.5 Å². The molecule has 1 spiro atoms. The molecule has 0 aromatic carbocycles. The average molecular weight is 265 g/mol. The lowest BCUT2D eigenvalue weighted by Gasteiger charge is -2.38. The van der Waals surface area contributed by atoms with E-state index in [4.69, 9.17) is 0 Å². The smallest absolute Gasteiger partial charge is 0.422 e. The molecular weight excluding hydrogens is 247 g/mol. The van der Waals surface area contributed by atoms with Crippen LogP contribution in [0.25, 0.3) is 0 Å². The molecule has 1 saturated carbocycles. The summed E-state index contributed by atoms with van der Waals surface area (Å²) in [5.41, 5.74) is 0.348. The number of hydrogen-bond acceptors (Lipinski definition) is 2. The summed E-state index contributed by atoms with van der Waals surface area (Å²) in [4.78, 5) is 12.8. The van der Waals surface area contributed by atoms with Crippen molar-refractivity contribution in [3.8, 4) is 0 Å². The maximum atomic E-state index is 11.9. The summed E-state index contributed by atoms with van der Waals surface area (Å²) in [6.45, 7) is -0.444. The molecule has 0 unspecified atom stereocenters. The molecule has 1 saturated heterocycles. The van der Waals surface area contributed by atoms with Gasteiger partial charge in [-0.05, 0) is 31.1 Å². The Balaban J connectivity index is 1.77. The molecule has 0 bridgehead atoms. The summed E-state index contributed by atoms with van der Waals surface area (Å²) >= 11 is 0. The Labute approximate surface area is 104 Å². The van der Waals surface area contributed by atoms with Crippen LogP contribution in [0.2, 0.25) is 0 Å². The van der Waals surface area contributed by atoms with Crippen LogP contribution in [0.15, 0.2) is 0 Å². The molecule has 6 heteroatoms. The maximum absolute atomic E-state index is 11.9. The number of piperidine rings is 1. The highest BCUT2D eigenvalue weighted by Crippen LogP contribution is 2.46. The Morgan fingerprint density at radius 2 is 1.67 bits per heavy atom. The van der Waals surface area contributed by atoms with Gasteiger partial charge in [-0.25, -0.2) is 4.79 Å². The van der Waals surface area contributed by atoms with Gasteiger partial charge in [0, 0.05) is 13.1 Å². The number of rotatable bonds is 1. The Morgan fingerprint density at radius 3 is 2.17 bits per heavy atom. The number of carbonyl (C=O) groups excluding carboxylic acids is 1. The van der Waals surface area contributed by atoms with E-state index >= 15 is 0 Å². The van der Waals surface area contributed by atoms with Gasteiger partial charge in [0.25, 0.3) is 0 Å². The number of nitrogens with zero attached hydrogens (tertiary/aromatic N) is 1. The van der Waals surface area contributed by atoms with Gasteiger partial charge in [0.1, 0.15) is 0 Å². The molecule has 18 heavy (non-hydrogen) atoms. The zero-order valence-corrected chi connectivity index (χ0v) is 10.3. The largest absolute Gasteiger partial charge is 0.440 e. The minimum atomic E-state index is -4.45. The third-order valence-electron chi connectivity index (χ3n) is 4.11. The van der Waals surface area contributed by atoms with Crippen LogP contribution in [0.5, 0.6) is 0 Å². The normalized spacial score (nSPS) is 23.4. The fourth-order valence-electron chi connectivity index (χ4n) is 3.02. The topological polar surface area (TPSA) is 29.5 Å². The molecule has 3 nitrogen and oxygen atoms in total. The van der Waals surface area contributed by atoms with Crippen molar-refractivity contribution < 1.29 is 22.7 Å². The monoisotopic (exact) mass is 265 g/mol. The Hall–Kier alpha value is -0.940. The summed E-state index contributed by atoms with van der Waals surface area (Å²) in [7, 11) is 0. The molecule has 1 heterocycles. The number of alkyl halides is 3. The highest BCUT2D eigenvalue weighted by Gasteiger charge is 2.39. The van der Waals surface area contributed by atoms with Crippen LogP contribution in [-0.4, -0.2) is 36.9 Å². The number of hydrogen-bond donors (Lipinski definition) is 0. The predicted octanol–water partition coefficient (Wildman–Crippen LogP) is 3.34. The average Bonchev–Trinajstić information content (AvgIpc) is 2.75. The summed E-state index contributed by atoms with van der Waals surface area (Å²) in [5.74, 6) is 0. The van der Waals surface area contributed by atoms with Crippen molar-refractivity contribution in [2.24, 2.45) is 5.41 Å². The van der Waals surface area contributed by atoms with Gasteiger partial charge < -0.3 is 9.64 Å². The second-order valence-corrected chi connectivity index (χ2v) is 5.36. The third kappa shape index (κ3) is 3.29. The van der Waals surface area contributed by atoms with Gasteiger partial charge in [0.15, 0.2) is 6.61 Å². The molecule has 1 amide bonds. The second-order valence-electron chi connectivity index (χ2n) is 5.36. The highest BCUT2D eigenvalue weighted by molar-refractivity contribution is 5.67. The van der Waals surface area contributed by atoms with E-state index in [1.54, 1.807) is 0 Å². The summed E-state index contributed by atoms with van der Waals surface area (Å²) in [5, 5.41) is 0. The number of ether oxygens (including phenoxy) is 1. The Kier molecular flexibility index (Phi) is 3.73. The van der Waals surface area contributed by atoms with Crippen LogP contribution in [-0.2, 0) is 4.74 Å². The number of amides is 1. The molecule has 0 radical (unpaired) electrons. The van der Waals surface area contributed by atoms with Gasteiger partial charge in [-0.3, -0.25) is 0 Å². The molecular formula is C12H18F3NO2. The van der Waals surface area contributed by atoms with Gasteiger partial charge in [0.05, 0.1) is 0 Å². The van der Waals surface area contributed by atoms with Crippen LogP contribution >= 0.6 is 0 Å². The summed E-state index contributed by atoms with van der Waals surface area (Å²) in [6, 6.07) is 0. The zero-order chi connectivity index (χ0) is 13.2. The number of likely N-dealkylation sites (tertiary alicyclic amines) is 1. The highest BCUT2D eigenvalue weighted by atomic mass is 19.4. The molecule has 1 aliphatic heterocycles. The van der Waals surface area contributed by atoms with Crippen molar-refractivity contribution in [2.45, 2.75) is 44.7 Å². The molecule has 2 aliphatic rings. The first kappa shape index (κ1) is 13.5. The predicted molar refractivity (Wildman–Crippen MR) is 59.1 cm³/mol. The van der Waals surface area contributed by atoms with Crippen molar-refractivity contribution in [3.05, 3.63) is 0 Å². The molecule has 0 aromatic rings. The SMILES string of the molecule is O=C(OCC(F)(F)F)N1CCC2(CCCC2)CC1. The van der Waals surface area contributed by atoms with Crippen molar-refractivity contribution >= 4 is 6.09 Å². The van der Waals surface area contributed by atoms with Gasteiger partial charge in [-0.2, -0.15) is 13.2 Å². The molecule has 2 fully saturated rings. The van der Waals surface area contributed by atoms with Crippen molar-refractivity contribution in [2.75, 3.05) is 19.7 Å². The van der Waals surface area contributed by atoms with Crippen LogP contribution < -0.4 is 0 Å². The van der Waals surface area contributed by atoms with E-state index in [0.717, 1.165) is 12.8 Å². The fraction of sp³-hybridized carbons (Fsp3) is 0.917. The fourth-order valence-corrected chi connectivity index (χ4v) is 3.02. The zero-order valence-electron chi connectivity index (χ0n) is 10.3. The van der Waals surface area contributed by atoms with Gasteiger partial charge in [0.2, 0.25) is 0 Å². The van der Waals surface area contributed by atoms with Crippen LogP contribution in [0, 0.1) is 5.41 Å². The minimum Gasteiger partial charge on any atom is -0.440 e. The molecule has 104 valence electrons. The van der Waals surface area contributed by atoms with Gasteiger partial charge >= 0.3 is 12.3 Å². The van der Waals surface area contributed by atoms with E-state index in [-0.39, 0.29) is 0 Å². The third-order valence-corrected chi connectivity index (χ3v) is 4.11. The van der Waals surface area contributed by atoms with Crippen molar-refractivity contribution in [1.82, 2.24) is 4.90 Å². The van der Waals surface area contributed by atoms with Crippen molar-refractivity contribution in [3.63, 3.8) is 0 Å². The molecule has 0 atom stereocenters. The minimum absolute atomic E-state index is 0.348. The van der Waals surface area contributed by atoms with E-state index in [0.29, 0.717) is 18.5 Å². The molecule has 2 rings (SSSR count).